The number of carbonyl (C=O) groups is 2. The quantitative estimate of drug-likeness (QED) is 0.875. The number of hydrogen-bond acceptors (Lipinski definition) is 4. The highest BCUT2D eigenvalue weighted by molar-refractivity contribution is 7.90. The van der Waals surface area contributed by atoms with Crippen LogP contribution in [0.15, 0.2) is 18.2 Å². The molecule has 0 aromatic heterocycles. The molecule has 0 aliphatic carbocycles. The van der Waals surface area contributed by atoms with Crippen molar-refractivity contribution in [3.05, 3.63) is 34.9 Å². The molecule has 0 radical (unpaired) electrons. The van der Waals surface area contributed by atoms with Crippen LogP contribution in [0.4, 0.5) is 0 Å². The third kappa shape index (κ3) is 4.07. The average molecular weight is 325 g/mol. The lowest BCUT2D eigenvalue weighted by atomic mass is 9.94. The summed E-state index contributed by atoms with van der Waals surface area (Å²) in [5.41, 5.74) is 1.93. The second-order valence-electron chi connectivity index (χ2n) is 5.55. The normalized spacial score (nSPS) is 14.5. The third-order valence-electron chi connectivity index (χ3n) is 3.75. The van der Waals surface area contributed by atoms with Gasteiger partial charge in [-0.1, -0.05) is 12.1 Å². The van der Waals surface area contributed by atoms with Gasteiger partial charge in [0.25, 0.3) is 0 Å². The number of rotatable bonds is 5. The molecular weight excluding hydrogens is 306 g/mol. The van der Waals surface area contributed by atoms with Crippen molar-refractivity contribution in [3.8, 4) is 0 Å². The van der Waals surface area contributed by atoms with E-state index in [4.69, 9.17) is 0 Å². The van der Waals surface area contributed by atoms with Crippen LogP contribution < -0.4 is 0 Å². The van der Waals surface area contributed by atoms with Crippen LogP contribution in [0.3, 0.4) is 0 Å². The first-order valence-electron chi connectivity index (χ1n) is 7.07. The van der Waals surface area contributed by atoms with Crippen LogP contribution in [0.2, 0.25) is 0 Å². The molecule has 0 unspecified atom stereocenters. The van der Waals surface area contributed by atoms with E-state index in [1.54, 1.807) is 17.0 Å². The summed E-state index contributed by atoms with van der Waals surface area (Å²) in [5, 5.41) is 9.17. The summed E-state index contributed by atoms with van der Waals surface area (Å²) in [5.74, 6) is -1.04. The number of sulfone groups is 1. The lowest BCUT2D eigenvalue weighted by Gasteiger charge is -2.29. The van der Waals surface area contributed by atoms with E-state index in [2.05, 4.69) is 0 Å². The minimum atomic E-state index is -3.05. The number of nitrogens with zero attached hydrogens (tertiary/aromatic N) is 1. The van der Waals surface area contributed by atoms with Gasteiger partial charge in [0.2, 0.25) is 5.91 Å². The molecule has 1 aromatic carbocycles. The first kappa shape index (κ1) is 16.5. The van der Waals surface area contributed by atoms with E-state index in [1.165, 1.54) is 0 Å². The zero-order valence-electron chi connectivity index (χ0n) is 12.4. The van der Waals surface area contributed by atoms with Crippen LogP contribution in [-0.4, -0.2) is 48.9 Å². The third-order valence-corrected chi connectivity index (χ3v) is 4.79. The number of hydrogen-bond donors (Lipinski definition) is 1. The average Bonchev–Trinajstić information content (AvgIpc) is 2.44. The van der Waals surface area contributed by atoms with Gasteiger partial charge in [0.15, 0.2) is 0 Å². The Morgan fingerprint density at radius 2 is 2.05 bits per heavy atom. The number of carboxylic acid groups (broad SMARTS) is 1. The lowest BCUT2D eigenvalue weighted by Crippen LogP contribution is -2.36. The molecule has 6 nitrogen and oxygen atoms in total. The number of benzene rings is 1. The van der Waals surface area contributed by atoms with Crippen molar-refractivity contribution in [1.82, 2.24) is 4.90 Å². The summed E-state index contributed by atoms with van der Waals surface area (Å²) < 4.78 is 22.1. The molecule has 1 amide bonds. The molecule has 1 aromatic rings. The first-order chi connectivity index (χ1) is 10.3. The summed E-state index contributed by atoms with van der Waals surface area (Å²) in [6.07, 6.45) is 2.18. The Labute approximate surface area is 129 Å². The molecule has 120 valence electrons. The van der Waals surface area contributed by atoms with E-state index >= 15 is 0 Å². The number of aromatic carboxylic acids is 1. The largest absolute Gasteiger partial charge is 0.478 e. The minimum absolute atomic E-state index is 0.00628. The topological polar surface area (TPSA) is 91.8 Å². The molecule has 1 aliphatic rings. The molecule has 0 saturated carbocycles. The van der Waals surface area contributed by atoms with Crippen molar-refractivity contribution in [2.24, 2.45) is 0 Å². The van der Waals surface area contributed by atoms with Crippen molar-refractivity contribution in [2.45, 2.75) is 25.8 Å². The van der Waals surface area contributed by atoms with Crippen LogP contribution in [0.25, 0.3) is 0 Å². The molecule has 7 heteroatoms. The highest BCUT2D eigenvalue weighted by atomic mass is 32.2. The predicted octanol–water partition coefficient (Wildman–Crippen LogP) is 1.09. The van der Waals surface area contributed by atoms with Crippen molar-refractivity contribution < 1.29 is 23.1 Å². The molecule has 22 heavy (non-hydrogen) atoms. The fraction of sp³-hybridized carbons (Fsp3) is 0.467. The second-order valence-corrected chi connectivity index (χ2v) is 7.81. The molecule has 1 heterocycles. The van der Waals surface area contributed by atoms with Crippen LogP contribution in [-0.2, 0) is 27.6 Å². The maximum atomic E-state index is 12.1. The summed E-state index contributed by atoms with van der Waals surface area (Å²) >= 11 is 0. The standard InChI is InChI=1S/C15H19NO5S/c1-22(20,21)9-3-6-14(17)16-8-7-12-11(10-16)4-2-5-13(12)15(18)19/h2,4-5H,3,6-10H2,1H3,(H,18,19). The number of carbonyl (C=O) groups excluding carboxylic acids is 1. The Kier molecular flexibility index (Phi) is 4.85. The van der Waals surface area contributed by atoms with Crippen LogP contribution in [0.1, 0.15) is 34.3 Å². The van der Waals surface area contributed by atoms with E-state index in [0.717, 1.165) is 17.4 Å². The van der Waals surface area contributed by atoms with Gasteiger partial charge in [-0.2, -0.15) is 0 Å². The summed E-state index contributed by atoms with van der Waals surface area (Å²) in [6, 6.07) is 5.09. The van der Waals surface area contributed by atoms with E-state index < -0.39 is 15.8 Å². The van der Waals surface area contributed by atoms with Crippen molar-refractivity contribution in [3.63, 3.8) is 0 Å². The molecule has 1 N–H and O–H groups in total. The van der Waals surface area contributed by atoms with Gasteiger partial charge in [-0.05, 0) is 30.0 Å². The fourth-order valence-electron chi connectivity index (χ4n) is 2.67. The van der Waals surface area contributed by atoms with Crippen molar-refractivity contribution >= 4 is 21.7 Å². The van der Waals surface area contributed by atoms with Gasteiger partial charge < -0.3 is 10.0 Å². The van der Waals surface area contributed by atoms with Gasteiger partial charge >= 0.3 is 5.97 Å². The molecule has 0 fully saturated rings. The highest BCUT2D eigenvalue weighted by Crippen LogP contribution is 2.23. The maximum absolute atomic E-state index is 12.1. The molecule has 0 atom stereocenters. The molecule has 1 aliphatic heterocycles. The van der Waals surface area contributed by atoms with Crippen LogP contribution >= 0.6 is 0 Å². The summed E-state index contributed by atoms with van der Waals surface area (Å²) in [4.78, 5) is 25.0. The van der Waals surface area contributed by atoms with E-state index in [-0.39, 0.29) is 18.1 Å². The Bertz CT molecular complexity index is 696. The monoisotopic (exact) mass is 325 g/mol. The van der Waals surface area contributed by atoms with Crippen molar-refractivity contribution in [1.29, 1.82) is 0 Å². The fourth-order valence-corrected chi connectivity index (χ4v) is 3.34. The number of fused-ring (bicyclic) bond motifs is 1. The van der Waals surface area contributed by atoms with Gasteiger partial charge in [-0.25, -0.2) is 13.2 Å². The highest BCUT2D eigenvalue weighted by Gasteiger charge is 2.24. The minimum Gasteiger partial charge on any atom is -0.478 e. The smallest absolute Gasteiger partial charge is 0.335 e. The SMILES string of the molecule is CS(=O)(=O)CCCC(=O)N1CCc2c(cccc2C(=O)O)C1. The Hall–Kier alpha value is -1.89. The number of amides is 1. The molecule has 0 spiro atoms. The molecule has 0 saturated heterocycles. The van der Waals surface area contributed by atoms with Gasteiger partial charge in [0.05, 0.1) is 11.3 Å². The Morgan fingerprint density at radius 3 is 2.68 bits per heavy atom. The van der Waals surface area contributed by atoms with Crippen LogP contribution in [0, 0.1) is 0 Å². The Morgan fingerprint density at radius 1 is 1.32 bits per heavy atom. The summed E-state index contributed by atoms with van der Waals surface area (Å²) in [6.45, 7) is 0.850. The molecule has 2 rings (SSSR count). The Balaban J connectivity index is 2.02. The van der Waals surface area contributed by atoms with Gasteiger partial charge in [-0.15, -0.1) is 0 Å². The summed E-state index contributed by atoms with van der Waals surface area (Å²) in [7, 11) is -3.05. The van der Waals surface area contributed by atoms with E-state index in [9.17, 15) is 23.1 Å². The van der Waals surface area contributed by atoms with Crippen LogP contribution in [0.5, 0.6) is 0 Å². The van der Waals surface area contributed by atoms with E-state index in [0.29, 0.717) is 31.5 Å². The van der Waals surface area contributed by atoms with Crippen molar-refractivity contribution in [2.75, 3.05) is 18.6 Å². The van der Waals surface area contributed by atoms with Gasteiger partial charge in [0.1, 0.15) is 9.84 Å². The first-order valence-corrected chi connectivity index (χ1v) is 9.13. The second kappa shape index (κ2) is 6.48. The maximum Gasteiger partial charge on any atom is 0.335 e. The van der Waals surface area contributed by atoms with Gasteiger partial charge in [-0.3, -0.25) is 4.79 Å². The predicted molar refractivity (Wildman–Crippen MR) is 81.5 cm³/mol. The zero-order valence-corrected chi connectivity index (χ0v) is 13.2. The molecule has 0 bridgehead atoms. The number of carboxylic acids is 1. The lowest BCUT2D eigenvalue weighted by molar-refractivity contribution is -0.132. The zero-order chi connectivity index (χ0) is 16.3. The molecular formula is C15H19NO5S. The van der Waals surface area contributed by atoms with Gasteiger partial charge in [0, 0.05) is 25.8 Å². The van der Waals surface area contributed by atoms with E-state index in [1.807, 2.05) is 6.07 Å².